The smallest absolute Gasteiger partial charge is 0.182 e. The summed E-state index contributed by atoms with van der Waals surface area (Å²) in [5, 5.41) is 2.32. The first-order valence-electron chi connectivity index (χ1n) is 6.82. The maximum Gasteiger partial charge on any atom is 0.182 e. The van der Waals surface area contributed by atoms with Crippen molar-refractivity contribution in [3.8, 4) is 0 Å². The number of halogens is 1. The monoisotopic (exact) mass is 323 g/mol. The molecule has 0 amide bonds. The molecule has 0 unspecified atom stereocenters. The first kappa shape index (κ1) is 16.4. The second kappa shape index (κ2) is 6.00. The summed E-state index contributed by atoms with van der Waals surface area (Å²) < 4.78 is 38.3. The van der Waals surface area contributed by atoms with E-state index in [0.29, 0.717) is 17.3 Å². The number of anilines is 2. The van der Waals surface area contributed by atoms with Gasteiger partial charge in [0, 0.05) is 11.8 Å². The second-order valence-electron chi connectivity index (χ2n) is 5.31. The maximum absolute atomic E-state index is 13.5. The van der Waals surface area contributed by atoms with Crippen molar-refractivity contribution in [1.82, 2.24) is 9.97 Å². The number of aryl methyl sites for hydroxylation is 2. The van der Waals surface area contributed by atoms with Crippen molar-refractivity contribution in [1.29, 1.82) is 0 Å². The van der Waals surface area contributed by atoms with Crippen LogP contribution in [0.2, 0.25) is 0 Å². The number of rotatable bonds is 4. The highest BCUT2D eigenvalue weighted by Gasteiger charge is 2.24. The van der Waals surface area contributed by atoms with E-state index in [1.54, 1.807) is 27.0 Å². The highest BCUT2D eigenvalue weighted by Crippen LogP contribution is 2.29. The molecule has 0 aliphatic rings. The zero-order chi connectivity index (χ0) is 16.5. The molecule has 1 heterocycles. The molecule has 0 bridgehead atoms. The zero-order valence-electron chi connectivity index (χ0n) is 12.9. The van der Waals surface area contributed by atoms with Crippen LogP contribution in [0.4, 0.5) is 15.9 Å². The Hall–Kier alpha value is -2.02. The first-order chi connectivity index (χ1) is 10.2. The van der Waals surface area contributed by atoms with Gasteiger partial charge in [-0.3, -0.25) is 0 Å². The summed E-state index contributed by atoms with van der Waals surface area (Å²) in [6.45, 7) is 6.66. The Labute approximate surface area is 129 Å². The third kappa shape index (κ3) is 3.24. The molecule has 0 saturated heterocycles. The lowest BCUT2D eigenvalue weighted by Gasteiger charge is -2.15. The highest BCUT2D eigenvalue weighted by molar-refractivity contribution is 7.92. The summed E-state index contributed by atoms with van der Waals surface area (Å²) in [4.78, 5) is 8.24. The van der Waals surface area contributed by atoms with Crippen LogP contribution in [-0.4, -0.2) is 23.6 Å². The van der Waals surface area contributed by atoms with Gasteiger partial charge in [-0.1, -0.05) is 0 Å². The molecule has 22 heavy (non-hydrogen) atoms. The number of nitrogens with one attached hydrogen (secondary N) is 1. The molecule has 2 aromatic rings. The quantitative estimate of drug-likeness (QED) is 0.936. The minimum Gasteiger partial charge on any atom is -0.339 e. The van der Waals surface area contributed by atoms with Crippen molar-refractivity contribution in [3.63, 3.8) is 0 Å². The average Bonchev–Trinajstić information content (AvgIpc) is 2.44. The fraction of sp³-hybridized carbons (Fsp3) is 0.333. The van der Waals surface area contributed by atoms with Crippen LogP contribution in [-0.2, 0) is 9.84 Å². The lowest BCUT2D eigenvalue weighted by molar-refractivity contribution is 0.583. The van der Waals surface area contributed by atoms with E-state index in [4.69, 9.17) is 0 Å². The lowest BCUT2D eigenvalue weighted by atomic mass is 10.3. The molecule has 0 aliphatic carbocycles. The molecule has 5 nitrogen and oxygen atoms in total. The molecule has 0 aliphatic heterocycles. The predicted molar refractivity (Wildman–Crippen MR) is 83.5 cm³/mol. The fourth-order valence-electron chi connectivity index (χ4n) is 1.87. The third-order valence-corrected chi connectivity index (χ3v) is 5.41. The van der Waals surface area contributed by atoms with E-state index in [0.717, 1.165) is 11.6 Å². The van der Waals surface area contributed by atoms with E-state index in [-0.39, 0.29) is 4.90 Å². The molecule has 1 aromatic carbocycles. The van der Waals surface area contributed by atoms with E-state index in [2.05, 4.69) is 15.3 Å². The number of sulfone groups is 1. The van der Waals surface area contributed by atoms with Gasteiger partial charge in [-0.25, -0.2) is 22.8 Å². The SMILES string of the molecule is Cc1ncc(C)c(Nc2ccc(F)cc2S(=O)(=O)C(C)C)n1. The summed E-state index contributed by atoms with van der Waals surface area (Å²) in [6.07, 6.45) is 1.64. The Bertz CT molecular complexity index is 804. The largest absolute Gasteiger partial charge is 0.339 e. The van der Waals surface area contributed by atoms with Gasteiger partial charge in [0.15, 0.2) is 9.84 Å². The van der Waals surface area contributed by atoms with Gasteiger partial charge in [-0.15, -0.1) is 0 Å². The minimum atomic E-state index is -3.62. The fourth-order valence-corrected chi connectivity index (χ4v) is 3.08. The van der Waals surface area contributed by atoms with Gasteiger partial charge >= 0.3 is 0 Å². The van der Waals surface area contributed by atoms with Crippen LogP contribution in [0.25, 0.3) is 0 Å². The highest BCUT2D eigenvalue weighted by atomic mass is 32.2. The van der Waals surface area contributed by atoms with Crippen molar-refractivity contribution in [2.24, 2.45) is 0 Å². The molecule has 1 aromatic heterocycles. The summed E-state index contributed by atoms with van der Waals surface area (Å²) in [7, 11) is -3.62. The van der Waals surface area contributed by atoms with Gasteiger partial charge in [-0.2, -0.15) is 0 Å². The molecule has 0 fully saturated rings. The molecule has 0 saturated carbocycles. The van der Waals surface area contributed by atoms with Crippen molar-refractivity contribution >= 4 is 21.3 Å². The predicted octanol–water partition coefficient (Wildman–Crippen LogP) is 3.16. The molecular formula is C15H18FN3O2S. The lowest BCUT2D eigenvalue weighted by Crippen LogP contribution is -2.16. The molecule has 0 spiro atoms. The Morgan fingerprint density at radius 2 is 1.91 bits per heavy atom. The van der Waals surface area contributed by atoms with Gasteiger partial charge < -0.3 is 5.32 Å². The van der Waals surface area contributed by atoms with Gasteiger partial charge in [0.2, 0.25) is 0 Å². The van der Waals surface area contributed by atoms with Gasteiger partial charge in [0.1, 0.15) is 17.5 Å². The number of nitrogens with zero attached hydrogens (tertiary/aromatic N) is 2. The Kier molecular flexibility index (Phi) is 4.46. The zero-order valence-corrected chi connectivity index (χ0v) is 13.7. The Balaban J connectivity index is 2.55. The van der Waals surface area contributed by atoms with Crippen LogP contribution in [0.5, 0.6) is 0 Å². The summed E-state index contributed by atoms with van der Waals surface area (Å²) >= 11 is 0. The second-order valence-corrected chi connectivity index (χ2v) is 7.78. The maximum atomic E-state index is 13.5. The molecule has 1 N–H and O–H groups in total. The Morgan fingerprint density at radius 3 is 2.55 bits per heavy atom. The van der Waals surface area contributed by atoms with Crippen LogP contribution in [0.15, 0.2) is 29.3 Å². The first-order valence-corrected chi connectivity index (χ1v) is 8.37. The van der Waals surface area contributed by atoms with Crippen LogP contribution in [0, 0.1) is 19.7 Å². The van der Waals surface area contributed by atoms with Crippen molar-refractivity contribution in [3.05, 3.63) is 41.6 Å². The van der Waals surface area contributed by atoms with Crippen molar-refractivity contribution in [2.45, 2.75) is 37.8 Å². The molecule has 0 radical (unpaired) electrons. The summed E-state index contributed by atoms with van der Waals surface area (Å²) in [5.74, 6) is 0.461. The molecule has 0 atom stereocenters. The van der Waals surface area contributed by atoms with Gasteiger partial charge in [0.05, 0.1) is 15.8 Å². The Morgan fingerprint density at radius 1 is 1.23 bits per heavy atom. The van der Waals surface area contributed by atoms with Crippen LogP contribution in [0.1, 0.15) is 25.2 Å². The van der Waals surface area contributed by atoms with Crippen LogP contribution >= 0.6 is 0 Å². The summed E-state index contributed by atoms with van der Waals surface area (Å²) in [5.41, 5.74) is 1.07. The van der Waals surface area contributed by atoms with E-state index < -0.39 is 20.9 Å². The third-order valence-electron chi connectivity index (χ3n) is 3.22. The van der Waals surface area contributed by atoms with Crippen LogP contribution < -0.4 is 5.32 Å². The van der Waals surface area contributed by atoms with E-state index in [1.165, 1.54) is 12.1 Å². The topological polar surface area (TPSA) is 72.0 Å². The molecule has 118 valence electrons. The van der Waals surface area contributed by atoms with E-state index in [1.807, 2.05) is 6.92 Å². The minimum absolute atomic E-state index is 0.0711. The normalized spacial score (nSPS) is 11.7. The molecule has 2 rings (SSSR count). The summed E-state index contributed by atoms with van der Waals surface area (Å²) in [6, 6.07) is 3.65. The van der Waals surface area contributed by atoms with Gasteiger partial charge in [0.25, 0.3) is 0 Å². The van der Waals surface area contributed by atoms with Crippen LogP contribution in [0.3, 0.4) is 0 Å². The number of hydrogen-bond donors (Lipinski definition) is 1. The number of aromatic nitrogens is 2. The standard InChI is InChI=1S/C15H18FN3O2S/c1-9(2)22(20,21)14-7-12(16)5-6-13(14)19-15-10(3)8-17-11(4)18-15/h5-9H,1-4H3,(H,17,18,19). The molecule has 7 heteroatoms. The van der Waals surface area contributed by atoms with E-state index >= 15 is 0 Å². The van der Waals surface area contributed by atoms with Crippen molar-refractivity contribution in [2.75, 3.05) is 5.32 Å². The number of hydrogen-bond acceptors (Lipinski definition) is 5. The molecular weight excluding hydrogens is 305 g/mol. The van der Waals surface area contributed by atoms with Crippen molar-refractivity contribution < 1.29 is 12.8 Å². The average molecular weight is 323 g/mol. The van der Waals surface area contributed by atoms with E-state index in [9.17, 15) is 12.8 Å². The number of benzene rings is 1. The van der Waals surface area contributed by atoms with Gasteiger partial charge in [-0.05, 0) is 45.9 Å².